The molecule has 112 valence electrons. The summed E-state index contributed by atoms with van der Waals surface area (Å²) in [5, 5.41) is 6.04. The van der Waals surface area contributed by atoms with Crippen molar-refractivity contribution in [2.45, 2.75) is 12.6 Å². The van der Waals surface area contributed by atoms with E-state index in [2.05, 4.69) is 10.4 Å². The topological polar surface area (TPSA) is 87.8 Å². The highest BCUT2D eigenvalue weighted by Gasteiger charge is 2.36. The fraction of sp³-hybridized carbons (Fsp3) is 0.250. The Hall–Kier alpha value is -2.58. The summed E-state index contributed by atoms with van der Waals surface area (Å²) in [5.74, 6) is -1.55. The van der Waals surface area contributed by atoms with E-state index in [1.54, 1.807) is 12.1 Å². The van der Waals surface area contributed by atoms with E-state index < -0.39 is 24.5 Å². The molecule has 0 radical (unpaired) electrons. The average Bonchev–Trinajstić information content (AvgIpc) is 2.67. The summed E-state index contributed by atoms with van der Waals surface area (Å²) in [4.78, 5) is 23.2. The standard InChI is InChI=1S/C12H11F3N4O2/c13-12(14,15)6-19-10(20)5-9(18-19)17-11(21)7-2-1-3-8(16)4-7/h1-4H,5-6,16H2,(H,17,18,21). The van der Waals surface area contributed by atoms with Gasteiger partial charge in [-0.2, -0.15) is 18.3 Å². The average molecular weight is 300 g/mol. The number of benzene rings is 1. The molecule has 1 aromatic carbocycles. The maximum Gasteiger partial charge on any atom is 0.408 e. The van der Waals surface area contributed by atoms with Gasteiger partial charge in [0.05, 0.1) is 6.42 Å². The van der Waals surface area contributed by atoms with Gasteiger partial charge in [0.1, 0.15) is 12.4 Å². The van der Waals surface area contributed by atoms with Gasteiger partial charge in [0.2, 0.25) is 0 Å². The number of halogens is 3. The first-order valence-corrected chi connectivity index (χ1v) is 5.86. The van der Waals surface area contributed by atoms with E-state index in [1.807, 2.05) is 0 Å². The third kappa shape index (κ3) is 3.94. The molecule has 0 saturated carbocycles. The zero-order valence-corrected chi connectivity index (χ0v) is 10.6. The molecule has 2 amide bonds. The number of carbonyl (C=O) groups excluding carboxylic acids is 2. The van der Waals surface area contributed by atoms with Gasteiger partial charge in [0.15, 0.2) is 0 Å². The van der Waals surface area contributed by atoms with Gasteiger partial charge in [0.25, 0.3) is 11.8 Å². The van der Waals surface area contributed by atoms with Crippen LogP contribution in [-0.4, -0.2) is 35.4 Å². The maximum absolute atomic E-state index is 12.2. The van der Waals surface area contributed by atoms with E-state index in [4.69, 9.17) is 5.73 Å². The smallest absolute Gasteiger partial charge is 0.399 e. The molecule has 1 aromatic rings. The van der Waals surface area contributed by atoms with Crippen molar-refractivity contribution >= 4 is 23.3 Å². The Kier molecular flexibility index (Phi) is 3.83. The van der Waals surface area contributed by atoms with E-state index >= 15 is 0 Å². The van der Waals surface area contributed by atoms with Crippen molar-refractivity contribution in [1.82, 2.24) is 10.3 Å². The van der Waals surface area contributed by atoms with Gasteiger partial charge < -0.3 is 11.1 Å². The molecular formula is C12H11F3N4O2. The summed E-state index contributed by atoms with van der Waals surface area (Å²) < 4.78 is 36.6. The molecule has 1 heterocycles. The number of rotatable bonds is 2. The molecule has 1 aliphatic rings. The van der Waals surface area contributed by atoms with Crippen LogP contribution in [0.15, 0.2) is 29.4 Å². The van der Waals surface area contributed by atoms with Crippen molar-refractivity contribution in [3.8, 4) is 0 Å². The zero-order chi connectivity index (χ0) is 15.6. The number of nitrogens with one attached hydrogen (secondary N) is 1. The van der Waals surface area contributed by atoms with Gasteiger partial charge in [0, 0.05) is 11.3 Å². The van der Waals surface area contributed by atoms with Gasteiger partial charge >= 0.3 is 6.18 Å². The number of alkyl halides is 3. The molecule has 0 spiro atoms. The van der Waals surface area contributed by atoms with Gasteiger partial charge in [-0.1, -0.05) is 6.07 Å². The Morgan fingerprint density at radius 2 is 2.14 bits per heavy atom. The second-order valence-electron chi connectivity index (χ2n) is 4.37. The minimum absolute atomic E-state index is 0.128. The number of carbonyl (C=O) groups is 2. The molecule has 0 bridgehead atoms. The Morgan fingerprint density at radius 1 is 1.43 bits per heavy atom. The SMILES string of the molecule is Nc1cccc(C(=O)NC2=NN(CC(F)(F)F)C(=O)C2)c1. The van der Waals surface area contributed by atoms with Gasteiger partial charge in [-0.05, 0) is 18.2 Å². The number of anilines is 1. The third-order valence-electron chi connectivity index (χ3n) is 2.58. The summed E-state index contributed by atoms with van der Waals surface area (Å²) in [5.41, 5.74) is 6.11. The van der Waals surface area contributed by atoms with Crippen molar-refractivity contribution in [2.24, 2.45) is 5.10 Å². The summed E-state index contributed by atoms with van der Waals surface area (Å²) >= 11 is 0. The second-order valence-corrected chi connectivity index (χ2v) is 4.37. The van der Waals surface area contributed by atoms with Crippen LogP contribution in [0.2, 0.25) is 0 Å². The first-order valence-electron chi connectivity index (χ1n) is 5.86. The van der Waals surface area contributed by atoms with Crippen molar-refractivity contribution < 1.29 is 22.8 Å². The molecule has 1 aliphatic heterocycles. The number of nitrogens with two attached hydrogens (primary N) is 1. The second kappa shape index (κ2) is 5.43. The first kappa shape index (κ1) is 14.8. The van der Waals surface area contributed by atoms with Crippen LogP contribution in [0.1, 0.15) is 16.8 Å². The summed E-state index contributed by atoms with van der Waals surface area (Å²) in [6, 6.07) is 6.02. The Balaban J connectivity index is 2.05. The number of hydrogen-bond acceptors (Lipinski definition) is 4. The number of hydrazone groups is 1. The Morgan fingerprint density at radius 3 is 2.76 bits per heavy atom. The van der Waals surface area contributed by atoms with Crippen LogP contribution >= 0.6 is 0 Å². The summed E-state index contributed by atoms with van der Waals surface area (Å²) in [7, 11) is 0. The van der Waals surface area contributed by atoms with Crippen molar-refractivity contribution in [3.63, 3.8) is 0 Å². The summed E-state index contributed by atoms with van der Waals surface area (Å²) in [6.07, 6.45) is -4.93. The van der Waals surface area contributed by atoms with Crippen LogP contribution in [0.3, 0.4) is 0 Å². The minimum atomic E-state index is -4.55. The van der Waals surface area contributed by atoms with Crippen LogP contribution < -0.4 is 11.1 Å². The predicted molar refractivity (Wildman–Crippen MR) is 68.1 cm³/mol. The van der Waals surface area contributed by atoms with Crippen LogP contribution in [0.5, 0.6) is 0 Å². The van der Waals surface area contributed by atoms with E-state index in [-0.39, 0.29) is 22.8 Å². The van der Waals surface area contributed by atoms with Crippen molar-refractivity contribution in [1.29, 1.82) is 0 Å². The fourth-order valence-electron chi connectivity index (χ4n) is 1.72. The van der Waals surface area contributed by atoms with Gasteiger partial charge in [-0.3, -0.25) is 9.59 Å². The highest BCUT2D eigenvalue weighted by molar-refractivity contribution is 6.13. The Bertz CT molecular complexity index is 613. The lowest BCUT2D eigenvalue weighted by Gasteiger charge is -2.13. The molecule has 0 aromatic heterocycles. The monoisotopic (exact) mass is 300 g/mol. The lowest BCUT2D eigenvalue weighted by atomic mass is 10.2. The molecule has 2 rings (SSSR count). The maximum atomic E-state index is 12.2. The van der Waals surface area contributed by atoms with E-state index in [0.29, 0.717) is 5.69 Å². The van der Waals surface area contributed by atoms with Crippen LogP contribution in [0.25, 0.3) is 0 Å². The molecule has 0 fully saturated rings. The van der Waals surface area contributed by atoms with Crippen LogP contribution in [0.4, 0.5) is 18.9 Å². The lowest BCUT2D eigenvalue weighted by molar-refractivity contribution is -0.159. The van der Waals surface area contributed by atoms with E-state index in [9.17, 15) is 22.8 Å². The molecule has 0 saturated heterocycles. The summed E-state index contributed by atoms with van der Waals surface area (Å²) in [6.45, 7) is -1.48. The Labute approximate surface area is 117 Å². The predicted octanol–water partition coefficient (Wildman–Crippen LogP) is 1.11. The van der Waals surface area contributed by atoms with Gasteiger partial charge in [-0.25, -0.2) is 5.01 Å². The normalized spacial score (nSPS) is 15.1. The largest absolute Gasteiger partial charge is 0.408 e. The highest BCUT2D eigenvalue weighted by Crippen LogP contribution is 2.19. The molecule has 3 N–H and O–H groups in total. The molecular weight excluding hydrogens is 289 g/mol. The number of hydrogen-bond donors (Lipinski definition) is 2. The number of nitrogens with zero attached hydrogens (tertiary/aromatic N) is 2. The highest BCUT2D eigenvalue weighted by atomic mass is 19.4. The number of nitrogen functional groups attached to an aromatic ring is 1. The number of amides is 2. The third-order valence-corrected chi connectivity index (χ3v) is 2.58. The molecule has 0 atom stereocenters. The quantitative estimate of drug-likeness (QED) is 0.802. The van der Waals surface area contributed by atoms with E-state index in [0.717, 1.165) is 0 Å². The molecule has 0 unspecified atom stereocenters. The van der Waals surface area contributed by atoms with Crippen LogP contribution in [0, 0.1) is 0 Å². The minimum Gasteiger partial charge on any atom is -0.399 e. The molecule has 6 nitrogen and oxygen atoms in total. The van der Waals surface area contributed by atoms with Gasteiger partial charge in [-0.15, -0.1) is 0 Å². The van der Waals surface area contributed by atoms with Crippen molar-refractivity contribution in [2.75, 3.05) is 12.3 Å². The fourth-order valence-corrected chi connectivity index (χ4v) is 1.72. The molecule has 0 aliphatic carbocycles. The van der Waals surface area contributed by atoms with Crippen LogP contribution in [-0.2, 0) is 4.79 Å². The molecule has 9 heteroatoms. The zero-order valence-electron chi connectivity index (χ0n) is 10.6. The number of amidine groups is 1. The lowest BCUT2D eigenvalue weighted by Crippen LogP contribution is -2.32. The molecule has 21 heavy (non-hydrogen) atoms. The van der Waals surface area contributed by atoms with E-state index in [1.165, 1.54) is 12.1 Å². The first-order chi connectivity index (χ1) is 9.74. The van der Waals surface area contributed by atoms with Crippen molar-refractivity contribution in [3.05, 3.63) is 29.8 Å².